The third-order valence-electron chi connectivity index (χ3n) is 3.07. The number of hydrogen-bond acceptors (Lipinski definition) is 3. The Hall–Kier alpha value is -1.56. The van der Waals surface area contributed by atoms with Crippen molar-refractivity contribution in [1.82, 2.24) is 0 Å². The first-order chi connectivity index (χ1) is 8.91. The summed E-state index contributed by atoms with van der Waals surface area (Å²) in [6.07, 6.45) is -4.61. The molecular weight excluding hydrogens is 261 g/mol. The Morgan fingerprint density at radius 2 is 2.11 bits per heavy atom. The van der Waals surface area contributed by atoms with Crippen LogP contribution in [0.1, 0.15) is 30.1 Å². The number of carbonyl (C=O) groups excluding carboxylic acids is 1. The largest absolute Gasteiger partial charge is 0.467 e. The Labute approximate surface area is 108 Å². The molecule has 0 aliphatic carbocycles. The number of alkyl halides is 3. The molecule has 1 aromatic rings. The van der Waals surface area contributed by atoms with Crippen LogP contribution in [0.15, 0.2) is 24.3 Å². The van der Waals surface area contributed by atoms with Gasteiger partial charge in [0.2, 0.25) is 0 Å². The number of carbonyl (C=O) groups is 1. The van der Waals surface area contributed by atoms with E-state index in [2.05, 4.69) is 4.74 Å². The van der Waals surface area contributed by atoms with Crippen LogP contribution in [-0.4, -0.2) is 19.2 Å². The molecule has 0 spiro atoms. The molecule has 0 bridgehead atoms. The second-order valence-electron chi connectivity index (χ2n) is 4.34. The maximum Gasteiger partial charge on any atom is 0.416 e. The van der Waals surface area contributed by atoms with Crippen molar-refractivity contribution in [3.8, 4) is 0 Å². The number of hydrogen-bond donors (Lipinski definition) is 0. The lowest BCUT2D eigenvalue weighted by Gasteiger charge is -2.14. The molecule has 1 saturated heterocycles. The number of methoxy groups -OCH3 is 1. The summed E-state index contributed by atoms with van der Waals surface area (Å²) in [7, 11) is 1.25. The highest BCUT2D eigenvalue weighted by atomic mass is 19.4. The normalized spacial score (nSPS) is 23.4. The van der Waals surface area contributed by atoms with Gasteiger partial charge >= 0.3 is 12.1 Å². The van der Waals surface area contributed by atoms with E-state index in [-0.39, 0.29) is 0 Å². The molecule has 0 saturated carbocycles. The maximum atomic E-state index is 12.6. The van der Waals surface area contributed by atoms with Gasteiger partial charge in [-0.3, -0.25) is 0 Å². The van der Waals surface area contributed by atoms with Crippen LogP contribution < -0.4 is 0 Å². The van der Waals surface area contributed by atoms with Gasteiger partial charge in [0.05, 0.1) is 18.8 Å². The average molecular weight is 274 g/mol. The van der Waals surface area contributed by atoms with E-state index in [1.807, 2.05) is 0 Å². The Kier molecular flexibility index (Phi) is 3.80. The zero-order valence-corrected chi connectivity index (χ0v) is 10.2. The second kappa shape index (κ2) is 5.21. The van der Waals surface area contributed by atoms with Gasteiger partial charge in [-0.1, -0.05) is 12.1 Å². The van der Waals surface area contributed by atoms with Crippen LogP contribution in [0.2, 0.25) is 0 Å². The fourth-order valence-electron chi connectivity index (χ4n) is 2.10. The summed E-state index contributed by atoms with van der Waals surface area (Å²) in [5.41, 5.74) is -0.281. The van der Waals surface area contributed by atoms with E-state index in [1.165, 1.54) is 13.2 Å². The molecule has 104 valence electrons. The smallest absolute Gasteiger partial charge is 0.416 e. The standard InChI is InChI=1S/C13H13F3O3/c1-18-12(17)11-6-5-10(19-11)8-3-2-4-9(7-8)13(14,15)16/h2-4,7,10-11H,5-6H2,1H3/t10-,11-/m0/s1. The first-order valence-electron chi connectivity index (χ1n) is 5.82. The van der Waals surface area contributed by atoms with E-state index in [0.29, 0.717) is 18.4 Å². The summed E-state index contributed by atoms with van der Waals surface area (Å²) < 4.78 is 47.8. The maximum absolute atomic E-state index is 12.6. The quantitative estimate of drug-likeness (QED) is 0.777. The molecule has 2 rings (SSSR count). The zero-order valence-electron chi connectivity index (χ0n) is 10.2. The molecule has 1 aliphatic rings. The van der Waals surface area contributed by atoms with E-state index in [4.69, 9.17) is 4.74 Å². The molecule has 19 heavy (non-hydrogen) atoms. The number of ether oxygens (including phenoxy) is 2. The lowest BCUT2D eigenvalue weighted by molar-refractivity contribution is -0.153. The highest BCUT2D eigenvalue weighted by molar-refractivity contribution is 5.74. The molecule has 1 aromatic carbocycles. The Morgan fingerprint density at radius 3 is 2.74 bits per heavy atom. The average Bonchev–Trinajstić information content (AvgIpc) is 2.86. The highest BCUT2D eigenvalue weighted by Gasteiger charge is 2.34. The molecule has 1 aliphatic heterocycles. The van der Waals surface area contributed by atoms with Crippen LogP contribution >= 0.6 is 0 Å². The van der Waals surface area contributed by atoms with Gasteiger partial charge in [0, 0.05) is 0 Å². The van der Waals surface area contributed by atoms with Gasteiger partial charge in [0.1, 0.15) is 0 Å². The minimum atomic E-state index is -4.38. The highest BCUT2D eigenvalue weighted by Crippen LogP contribution is 2.36. The van der Waals surface area contributed by atoms with Crippen LogP contribution in [0.25, 0.3) is 0 Å². The number of rotatable bonds is 2. The third-order valence-corrected chi connectivity index (χ3v) is 3.07. The lowest BCUT2D eigenvalue weighted by Crippen LogP contribution is -2.21. The van der Waals surface area contributed by atoms with E-state index in [1.54, 1.807) is 6.07 Å². The summed E-state index contributed by atoms with van der Waals surface area (Å²) >= 11 is 0. The molecule has 0 unspecified atom stereocenters. The third kappa shape index (κ3) is 3.07. The van der Waals surface area contributed by atoms with Crippen LogP contribution in [0.3, 0.4) is 0 Å². The summed E-state index contributed by atoms with van der Waals surface area (Å²) in [6.45, 7) is 0. The van der Waals surface area contributed by atoms with Crippen molar-refractivity contribution in [2.45, 2.75) is 31.2 Å². The van der Waals surface area contributed by atoms with Gasteiger partial charge in [-0.15, -0.1) is 0 Å². The molecule has 2 atom stereocenters. The Morgan fingerprint density at radius 1 is 1.37 bits per heavy atom. The molecular formula is C13H13F3O3. The first kappa shape index (κ1) is 13.9. The minimum Gasteiger partial charge on any atom is -0.467 e. The SMILES string of the molecule is COC(=O)[C@@H]1CC[C@@H](c2cccc(C(F)(F)F)c2)O1. The summed E-state index contributed by atoms with van der Waals surface area (Å²) in [6, 6.07) is 4.98. The summed E-state index contributed by atoms with van der Waals surface area (Å²) in [5, 5.41) is 0. The topological polar surface area (TPSA) is 35.5 Å². The van der Waals surface area contributed by atoms with Crippen molar-refractivity contribution in [1.29, 1.82) is 0 Å². The van der Waals surface area contributed by atoms with Gasteiger partial charge in [-0.05, 0) is 30.5 Å². The van der Waals surface area contributed by atoms with Crippen LogP contribution in [0, 0.1) is 0 Å². The van der Waals surface area contributed by atoms with Crippen molar-refractivity contribution in [3.05, 3.63) is 35.4 Å². The second-order valence-corrected chi connectivity index (χ2v) is 4.34. The van der Waals surface area contributed by atoms with Crippen molar-refractivity contribution in [3.63, 3.8) is 0 Å². The summed E-state index contributed by atoms with van der Waals surface area (Å²) in [4.78, 5) is 11.3. The molecule has 1 fully saturated rings. The predicted octanol–water partition coefficient (Wildman–Crippen LogP) is 3.10. The number of halogens is 3. The van der Waals surface area contributed by atoms with Crippen LogP contribution in [0.4, 0.5) is 13.2 Å². The van der Waals surface area contributed by atoms with Crippen molar-refractivity contribution < 1.29 is 27.4 Å². The number of benzene rings is 1. The lowest BCUT2D eigenvalue weighted by atomic mass is 10.0. The van der Waals surface area contributed by atoms with Gasteiger partial charge in [0.15, 0.2) is 6.10 Å². The minimum absolute atomic E-state index is 0.432. The predicted molar refractivity (Wildman–Crippen MR) is 60.3 cm³/mol. The molecule has 1 heterocycles. The Balaban J connectivity index is 2.14. The van der Waals surface area contributed by atoms with E-state index in [9.17, 15) is 18.0 Å². The summed E-state index contributed by atoms with van der Waals surface area (Å²) in [5.74, 6) is -0.491. The molecule has 3 nitrogen and oxygen atoms in total. The van der Waals surface area contributed by atoms with Crippen LogP contribution in [0.5, 0.6) is 0 Å². The van der Waals surface area contributed by atoms with Gasteiger partial charge in [0.25, 0.3) is 0 Å². The first-order valence-corrected chi connectivity index (χ1v) is 5.82. The monoisotopic (exact) mass is 274 g/mol. The number of esters is 1. The van der Waals surface area contributed by atoms with E-state index in [0.717, 1.165) is 12.1 Å². The fourth-order valence-corrected chi connectivity index (χ4v) is 2.10. The zero-order chi connectivity index (χ0) is 14.0. The van der Waals surface area contributed by atoms with E-state index < -0.39 is 29.9 Å². The van der Waals surface area contributed by atoms with Gasteiger partial charge in [-0.25, -0.2) is 4.79 Å². The van der Waals surface area contributed by atoms with Crippen molar-refractivity contribution in [2.24, 2.45) is 0 Å². The van der Waals surface area contributed by atoms with Crippen molar-refractivity contribution in [2.75, 3.05) is 7.11 Å². The molecule has 6 heteroatoms. The van der Waals surface area contributed by atoms with Crippen LogP contribution in [-0.2, 0) is 20.4 Å². The van der Waals surface area contributed by atoms with Gasteiger partial charge < -0.3 is 9.47 Å². The Bertz CT molecular complexity index is 470. The van der Waals surface area contributed by atoms with E-state index >= 15 is 0 Å². The van der Waals surface area contributed by atoms with Crippen molar-refractivity contribution >= 4 is 5.97 Å². The molecule has 0 N–H and O–H groups in total. The van der Waals surface area contributed by atoms with Gasteiger partial charge in [-0.2, -0.15) is 13.2 Å². The fraction of sp³-hybridized carbons (Fsp3) is 0.462. The molecule has 0 radical (unpaired) electrons. The molecule has 0 aromatic heterocycles. The molecule has 0 amide bonds.